The number of likely N-dealkylation sites (tertiary alicyclic amines) is 1. The third kappa shape index (κ3) is 7.51. The summed E-state index contributed by atoms with van der Waals surface area (Å²) in [6.07, 6.45) is 4.46. The second-order valence-electron chi connectivity index (χ2n) is 11.7. The molecule has 1 saturated heterocycles. The Balaban J connectivity index is 1.55. The first-order chi connectivity index (χ1) is 22.3. The molecule has 3 aromatic rings. The van der Waals surface area contributed by atoms with Crippen molar-refractivity contribution >= 4 is 23.2 Å². The summed E-state index contributed by atoms with van der Waals surface area (Å²) < 4.78 is 46.6. The van der Waals surface area contributed by atoms with Crippen molar-refractivity contribution in [1.29, 1.82) is 0 Å². The molecule has 0 unspecified atom stereocenters. The van der Waals surface area contributed by atoms with Crippen LogP contribution in [-0.4, -0.2) is 78.1 Å². The lowest BCUT2D eigenvalue weighted by molar-refractivity contribution is -0.123. The van der Waals surface area contributed by atoms with E-state index < -0.39 is 30.7 Å². The van der Waals surface area contributed by atoms with Gasteiger partial charge >= 0.3 is 5.69 Å². The number of carbonyl (C=O) groups excluding carboxylic acids is 2. The summed E-state index contributed by atoms with van der Waals surface area (Å²) >= 11 is 0. The minimum absolute atomic E-state index is 0.0319. The molecule has 13 heteroatoms. The van der Waals surface area contributed by atoms with Gasteiger partial charge in [0.15, 0.2) is 24.2 Å². The molecule has 1 saturated carbocycles. The fourth-order valence-electron chi connectivity index (χ4n) is 6.09. The van der Waals surface area contributed by atoms with E-state index in [4.69, 9.17) is 14.2 Å². The lowest BCUT2D eigenvalue weighted by Crippen LogP contribution is -2.44. The summed E-state index contributed by atoms with van der Waals surface area (Å²) in [6, 6.07) is 9.29. The number of ether oxygens (including phenoxy) is 3. The first-order valence-electron chi connectivity index (χ1n) is 15.8. The van der Waals surface area contributed by atoms with Crippen molar-refractivity contribution < 1.29 is 32.6 Å². The van der Waals surface area contributed by atoms with Gasteiger partial charge in [-0.05, 0) is 81.3 Å². The summed E-state index contributed by atoms with van der Waals surface area (Å²) in [5, 5.41) is 2.85. The molecule has 46 heavy (non-hydrogen) atoms. The van der Waals surface area contributed by atoms with E-state index in [0.717, 1.165) is 36.7 Å². The van der Waals surface area contributed by atoms with E-state index in [-0.39, 0.29) is 42.3 Å². The average Bonchev–Trinajstić information content (AvgIpc) is 3.59. The first kappa shape index (κ1) is 33.0. The monoisotopic (exact) mass is 642 g/mol. The summed E-state index contributed by atoms with van der Waals surface area (Å²) in [6.45, 7) is 0.720. The standard InChI is InChI=1S/C33H40F2N4O7/c1-2-36-31(41)20-44-30-15-22(7-10-29(30)46-24-5-3-4-6-24)19-38-32(42)27-16-25(45-26(17-34)18-35)8-9-28(27)39(33(38)43)23-11-13-37(21-40)14-12-23/h7-10,15-16,21,23-24,26H,2-6,11-14,17-20H2,1H3,(H,36,41). The number of hydrogen-bond donors (Lipinski definition) is 1. The molecule has 0 radical (unpaired) electrons. The lowest BCUT2D eigenvalue weighted by Gasteiger charge is -2.31. The number of likely N-dealkylation sites (N-methyl/N-ethyl adjacent to an activating group) is 1. The number of amides is 2. The second-order valence-corrected chi connectivity index (χ2v) is 11.7. The minimum atomic E-state index is -1.32. The van der Waals surface area contributed by atoms with E-state index in [1.807, 2.05) is 6.92 Å². The van der Waals surface area contributed by atoms with Gasteiger partial charge in [-0.2, -0.15) is 0 Å². The number of piperidine rings is 1. The number of nitrogens with zero attached hydrogens (tertiary/aromatic N) is 3. The molecule has 11 nitrogen and oxygen atoms in total. The molecule has 2 aromatic carbocycles. The molecule has 1 N–H and O–H groups in total. The number of aromatic nitrogens is 2. The molecule has 2 amide bonds. The summed E-state index contributed by atoms with van der Waals surface area (Å²) in [4.78, 5) is 53.1. The van der Waals surface area contributed by atoms with Crippen LogP contribution >= 0.6 is 0 Å². The molecule has 1 aliphatic carbocycles. The normalized spacial score (nSPS) is 15.8. The third-order valence-electron chi connectivity index (χ3n) is 8.48. The Hall–Kier alpha value is -4.42. The van der Waals surface area contributed by atoms with Gasteiger partial charge in [-0.25, -0.2) is 13.6 Å². The van der Waals surface area contributed by atoms with Gasteiger partial charge in [-0.3, -0.25) is 23.5 Å². The highest BCUT2D eigenvalue weighted by atomic mass is 19.1. The number of hydrogen-bond acceptors (Lipinski definition) is 7. The maximum absolute atomic E-state index is 14.1. The van der Waals surface area contributed by atoms with Gasteiger partial charge in [0.05, 0.1) is 23.6 Å². The van der Waals surface area contributed by atoms with Crippen LogP contribution in [0.25, 0.3) is 10.9 Å². The molecule has 1 aromatic heterocycles. The number of fused-ring (bicyclic) bond motifs is 1. The van der Waals surface area contributed by atoms with Crippen molar-refractivity contribution in [3.05, 3.63) is 62.8 Å². The van der Waals surface area contributed by atoms with E-state index >= 15 is 0 Å². The van der Waals surface area contributed by atoms with Crippen LogP contribution in [0.3, 0.4) is 0 Å². The SMILES string of the molecule is CCNC(=O)COc1cc(Cn2c(=O)c3cc(OC(CF)CF)ccc3n(C3CCN(C=O)CC3)c2=O)ccc1OC1CCCC1. The van der Waals surface area contributed by atoms with Crippen LogP contribution < -0.4 is 30.8 Å². The highest BCUT2D eigenvalue weighted by Gasteiger charge is 2.26. The van der Waals surface area contributed by atoms with E-state index in [1.54, 1.807) is 33.7 Å². The number of rotatable bonds is 14. The van der Waals surface area contributed by atoms with E-state index in [0.29, 0.717) is 55.1 Å². The van der Waals surface area contributed by atoms with Crippen LogP contribution in [0.2, 0.25) is 0 Å². The van der Waals surface area contributed by atoms with Crippen molar-refractivity contribution in [2.45, 2.75) is 70.2 Å². The summed E-state index contributed by atoms with van der Waals surface area (Å²) in [5.41, 5.74) is -0.198. The molecule has 248 valence electrons. The molecule has 2 fully saturated rings. The number of alkyl halides is 2. The first-order valence-corrected chi connectivity index (χ1v) is 15.8. The fourth-order valence-corrected chi connectivity index (χ4v) is 6.09. The smallest absolute Gasteiger partial charge is 0.332 e. The van der Waals surface area contributed by atoms with Gasteiger partial charge in [0.2, 0.25) is 6.41 Å². The Kier molecular flexibility index (Phi) is 10.9. The van der Waals surface area contributed by atoms with Gasteiger partial charge in [-0.15, -0.1) is 0 Å². The van der Waals surface area contributed by atoms with Gasteiger partial charge in [0, 0.05) is 25.7 Å². The van der Waals surface area contributed by atoms with Crippen molar-refractivity contribution in [3.8, 4) is 17.2 Å². The Morgan fingerprint density at radius 3 is 2.43 bits per heavy atom. The molecular weight excluding hydrogens is 602 g/mol. The molecule has 0 spiro atoms. The Bertz CT molecular complexity index is 1640. The molecule has 2 aliphatic rings. The quantitative estimate of drug-likeness (QED) is 0.267. The third-order valence-corrected chi connectivity index (χ3v) is 8.48. The highest BCUT2D eigenvalue weighted by Crippen LogP contribution is 2.33. The van der Waals surface area contributed by atoms with Crippen LogP contribution in [0, 0.1) is 0 Å². The van der Waals surface area contributed by atoms with Gasteiger partial charge < -0.3 is 24.4 Å². The predicted octanol–water partition coefficient (Wildman–Crippen LogP) is 3.53. The van der Waals surface area contributed by atoms with E-state index in [2.05, 4.69) is 5.32 Å². The maximum atomic E-state index is 14.1. The summed E-state index contributed by atoms with van der Waals surface area (Å²) in [5.74, 6) is 0.606. The maximum Gasteiger partial charge on any atom is 0.332 e. The Morgan fingerprint density at radius 2 is 1.76 bits per heavy atom. The molecule has 5 rings (SSSR count). The van der Waals surface area contributed by atoms with Crippen LogP contribution in [0.15, 0.2) is 46.0 Å². The zero-order chi connectivity index (χ0) is 32.6. The number of halogens is 2. The van der Waals surface area contributed by atoms with Gasteiger partial charge in [0.25, 0.3) is 11.5 Å². The van der Waals surface area contributed by atoms with Crippen LogP contribution in [0.4, 0.5) is 8.78 Å². The molecule has 0 atom stereocenters. The zero-order valence-corrected chi connectivity index (χ0v) is 25.9. The molecule has 1 aliphatic heterocycles. The number of carbonyl (C=O) groups is 2. The van der Waals surface area contributed by atoms with E-state index in [1.165, 1.54) is 12.1 Å². The molecular formula is C33H40F2N4O7. The summed E-state index contributed by atoms with van der Waals surface area (Å²) in [7, 11) is 0. The van der Waals surface area contributed by atoms with Gasteiger partial charge in [0.1, 0.15) is 19.1 Å². The largest absolute Gasteiger partial charge is 0.487 e. The molecule has 2 heterocycles. The average molecular weight is 643 g/mol. The zero-order valence-electron chi connectivity index (χ0n) is 25.9. The van der Waals surface area contributed by atoms with Crippen molar-refractivity contribution in [2.24, 2.45) is 0 Å². The van der Waals surface area contributed by atoms with Crippen LogP contribution in [0.5, 0.6) is 17.2 Å². The van der Waals surface area contributed by atoms with Gasteiger partial charge in [-0.1, -0.05) is 6.07 Å². The Labute approximate surface area is 265 Å². The van der Waals surface area contributed by atoms with Crippen molar-refractivity contribution in [1.82, 2.24) is 19.4 Å². The van der Waals surface area contributed by atoms with Crippen molar-refractivity contribution in [2.75, 3.05) is 39.6 Å². The fraction of sp³-hybridized carbons (Fsp3) is 0.515. The predicted molar refractivity (Wildman–Crippen MR) is 167 cm³/mol. The number of benzene rings is 2. The topological polar surface area (TPSA) is 121 Å². The minimum Gasteiger partial charge on any atom is -0.487 e. The van der Waals surface area contributed by atoms with Crippen LogP contribution in [-0.2, 0) is 16.1 Å². The highest BCUT2D eigenvalue weighted by molar-refractivity contribution is 5.80. The second kappa shape index (κ2) is 15.2. The van der Waals surface area contributed by atoms with E-state index in [9.17, 15) is 28.0 Å². The van der Waals surface area contributed by atoms with Crippen LogP contribution in [0.1, 0.15) is 57.1 Å². The molecule has 0 bridgehead atoms. The Morgan fingerprint density at radius 1 is 1.02 bits per heavy atom. The number of nitrogens with one attached hydrogen (secondary N) is 1. The van der Waals surface area contributed by atoms with Crippen molar-refractivity contribution in [3.63, 3.8) is 0 Å². The lowest BCUT2D eigenvalue weighted by atomic mass is 10.0.